The Morgan fingerprint density at radius 2 is 2.25 bits per heavy atom. The highest BCUT2D eigenvalue weighted by Gasteiger charge is 2.21. The summed E-state index contributed by atoms with van der Waals surface area (Å²) in [5.74, 6) is 2.90. The average molecular weight is 290 g/mol. The normalized spacial score (nSPS) is 22.5. The minimum absolute atomic E-state index is 0.365. The minimum Gasteiger partial charge on any atom is -0.369 e. The Kier molecular flexibility index (Phi) is 3.78. The Hall–Kier alpha value is -1.36. The van der Waals surface area contributed by atoms with Crippen molar-refractivity contribution < 1.29 is 0 Å². The standard InChI is InChI=1S/C15H22N4S/c1-3-11-7-12-13(18-15(16)19-14(12)20-11)17-8-10-5-4-9(2)6-10/h7,9-10H,3-6,8H2,1-2H3,(H3,16,17,18,19). The largest absolute Gasteiger partial charge is 0.369 e. The van der Waals surface area contributed by atoms with Crippen LogP contribution in [0, 0.1) is 11.8 Å². The van der Waals surface area contributed by atoms with E-state index < -0.39 is 0 Å². The molecule has 0 aromatic carbocycles. The molecule has 1 saturated carbocycles. The van der Waals surface area contributed by atoms with E-state index in [1.54, 1.807) is 11.3 Å². The fourth-order valence-electron chi connectivity index (χ4n) is 3.05. The summed E-state index contributed by atoms with van der Waals surface area (Å²) in [6, 6.07) is 2.19. The number of nitrogens with zero attached hydrogens (tertiary/aromatic N) is 2. The molecule has 0 spiro atoms. The van der Waals surface area contributed by atoms with E-state index in [1.807, 2.05) is 0 Å². The third-order valence-electron chi connectivity index (χ3n) is 4.17. The summed E-state index contributed by atoms with van der Waals surface area (Å²) in [7, 11) is 0. The Morgan fingerprint density at radius 3 is 2.95 bits per heavy atom. The van der Waals surface area contributed by atoms with Gasteiger partial charge < -0.3 is 11.1 Å². The second kappa shape index (κ2) is 5.56. The monoisotopic (exact) mass is 290 g/mol. The quantitative estimate of drug-likeness (QED) is 0.901. The number of fused-ring (bicyclic) bond motifs is 1. The first-order valence-corrected chi connectivity index (χ1v) is 8.27. The highest BCUT2D eigenvalue weighted by molar-refractivity contribution is 7.18. The SMILES string of the molecule is CCc1cc2c(NCC3CCC(C)C3)nc(N)nc2s1. The molecular formula is C15H22N4S. The van der Waals surface area contributed by atoms with E-state index in [9.17, 15) is 0 Å². The molecule has 3 N–H and O–H groups in total. The number of aromatic nitrogens is 2. The predicted octanol–water partition coefficient (Wildman–Crippen LogP) is 3.68. The molecule has 1 fully saturated rings. The third kappa shape index (κ3) is 2.73. The van der Waals surface area contributed by atoms with E-state index in [0.29, 0.717) is 5.95 Å². The van der Waals surface area contributed by atoms with Gasteiger partial charge in [-0.1, -0.05) is 20.3 Å². The number of nitrogens with two attached hydrogens (primary N) is 1. The molecular weight excluding hydrogens is 268 g/mol. The van der Waals surface area contributed by atoms with Crippen LogP contribution in [0.15, 0.2) is 6.07 Å². The molecule has 1 aliphatic rings. The predicted molar refractivity (Wildman–Crippen MR) is 86.2 cm³/mol. The molecule has 4 nitrogen and oxygen atoms in total. The number of rotatable bonds is 4. The van der Waals surface area contributed by atoms with Gasteiger partial charge in [-0.15, -0.1) is 11.3 Å². The van der Waals surface area contributed by atoms with E-state index in [0.717, 1.165) is 40.8 Å². The number of hydrogen-bond acceptors (Lipinski definition) is 5. The van der Waals surface area contributed by atoms with Crippen LogP contribution in [0.1, 0.15) is 38.0 Å². The zero-order valence-electron chi connectivity index (χ0n) is 12.1. The van der Waals surface area contributed by atoms with Crippen molar-refractivity contribution in [3.05, 3.63) is 10.9 Å². The molecule has 2 atom stereocenters. The van der Waals surface area contributed by atoms with Gasteiger partial charge in [0.2, 0.25) is 5.95 Å². The fourth-order valence-corrected chi connectivity index (χ4v) is 4.02. The van der Waals surface area contributed by atoms with Gasteiger partial charge in [-0.3, -0.25) is 0 Å². The maximum Gasteiger partial charge on any atom is 0.223 e. The molecule has 2 unspecified atom stereocenters. The van der Waals surface area contributed by atoms with Gasteiger partial charge in [0.05, 0.1) is 5.39 Å². The van der Waals surface area contributed by atoms with Crippen LogP contribution in [0.5, 0.6) is 0 Å². The first-order valence-electron chi connectivity index (χ1n) is 7.45. The van der Waals surface area contributed by atoms with Gasteiger partial charge in [-0.25, -0.2) is 4.98 Å². The van der Waals surface area contributed by atoms with Crippen molar-refractivity contribution in [2.24, 2.45) is 11.8 Å². The highest BCUT2D eigenvalue weighted by Crippen LogP contribution is 2.32. The van der Waals surface area contributed by atoms with E-state index in [2.05, 4.69) is 35.2 Å². The molecule has 2 heterocycles. The lowest BCUT2D eigenvalue weighted by Crippen LogP contribution is -2.13. The van der Waals surface area contributed by atoms with Crippen molar-refractivity contribution >= 4 is 33.3 Å². The summed E-state index contributed by atoms with van der Waals surface area (Å²) < 4.78 is 0. The summed E-state index contributed by atoms with van der Waals surface area (Å²) in [6.07, 6.45) is 5.02. The van der Waals surface area contributed by atoms with E-state index in [-0.39, 0.29) is 0 Å². The third-order valence-corrected chi connectivity index (χ3v) is 5.34. The number of thiophene rings is 1. The highest BCUT2D eigenvalue weighted by atomic mass is 32.1. The van der Waals surface area contributed by atoms with Gasteiger partial charge in [-0.05, 0) is 37.2 Å². The number of nitrogen functional groups attached to an aromatic ring is 1. The lowest BCUT2D eigenvalue weighted by Gasteiger charge is -2.12. The van der Waals surface area contributed by atoms with Crippen molar-refractivity contribution in [2.45, 2.75) is 39.5 Å². The van der Waals surface area contributed by atoms with Gasteiger partial charge >= 0.3 is 0 Å². The van der Waals surface area contributed by atoms with E-state index in [1.165, 1.54) is 24.1 Å². The van der Waals surface area contributed by atoms with Crippen LogP contribution in [0.3, 0.4) is 0 Å². The zero-order chi connectivity index (χ0) is 14.1. The summed E-state index contributed by atoms with van der Waals surface area (Å²) in [6.45, 7) is 5.50. The Bertz CT molecular complexity index is 607. The van der Waals surface area contributed by atoms with Crippen molar-refractivity contribution in [3.63, 3.8) is 0 Å². The molecule has 0 bridgehead atoms. The number of nitrogens with one attached hydrogen (secondary N) is 1. The van der Waals surface area contributed by atoms with Crippen LogP contribution >= 0.6 is 11.3 Å². The van der Waals surface area contributed by atoms with E-state index in [4.69, 9.17) is 5.73 Å². The number of hydrogen-bond donors (Lipinski definition) is 2. The fraction of sp³-hybridized carbons (Fsp3) is 0.600. The van der Waals surface area contributed by atoms with Crippen LogP contribution in [0.25, 0.3) is 10.2 Å². The molecule has 2 aromatic rings. The molecule has 3 rings (SSSR count). The van der Waals surface area contributed by atoms with Gasteiger partial charge in [0.15, 0.2) is 0 Å². The molecule has 0 amide bonds. The second-order valence-corrected chi connectivity index (χ2v) is 7.00. The molecule has 2 aromatic heterocycles. The van der Waals surface area contributed by atoms with E-state index >= 15 is 0 Å². The summed E-state index contributed by atoms with van der Waals surface area (Å²) >= 11 is 1.71. The van der Waals surface area contributed by atoms with Gasteiger partial charge in [0.25, 0.3) is 0 Å². The maximum atomic E-state index is 5.83. The van der Waals surface area contributed by atoms with Gasteiger partial charge in [0, 0.05) is 11.4 Å². The zero-order valence-corrected chi connectivity index (χ0v) is 13.0. The number of anilines is 2. The summed E-state index contributed by atoms with van der Waals surface area (Å²) in [5.41, 5.74) is 5.83. The molecule has 0 radical (unpaired) electrons. The molecule has 1 aliphatic carbocycles. The smallest absolute Gasteiger partial charge is 0.223 e. The van der Waals surface area contributed by atoms with Crippen LogP contribution < -0.4 is 11.1 Å². The lowest BCUT2D eigenvalue weighted by atomic mass is 10.1. The first kappa shape index (κ1) is 13.6. The summed E-state index contributed by atoms with van der Waals surface area (Å²) in [4.78, 5) is 11.1. The molecule has 5 heteroatoms. The Labute approximate surface area is 123 Å². The Morgan fingerprint density at radius 1 is 1.40 bits per heavy atom. The number of aryl methyl sites for hydroxylation is 1. The van der Waals surface area contributed by atoms with Crippen molar-refractivity contribution in [1.82, 2.24) is 9.97 Å². The maximum absolute atomic E-state index is 5.83. The molecule has 20 heavy (non-hydrogen) atoms. The van der Waals surface area contributed by atoms with Crippen LogP contribution in [-0.4, -0.2) is 16.5 Å². The average Bonchev–Trinajstić information content (AvgIpc) is 3.01. The van der Waals surface area contributed by atoms with Crippen LogP contribution in [0.2, 0.25) is 0 Å². The first-order chi connectivity index (χ1) is 9.65. The molecule has 0 aliphatic heterocycles. The minimum atomic E-state index is 0.365. The molecule has 108 valence electrons. The molecule has 0 saturated heterocycles. The lowest BCUT2D eigenvalue weighted by molar-refractivity contribution is 0.537. The van der Waals surface area contributed by atoms with Gasteiger partial charge in [-0.2, -0.15) is 4.98 Å². The second-order valence-electron chi connectivity index (χ2n) is 5.88. The van der Waals surface area contributed by atoms with Crippen LogP contribution in [0.4, 0.5) is 11.8 Å². The Balaban J connectivity index is 1.81. The van der Waals surface area contributed by atoms with Crippen molar-refractivity contribution in [2.75, 3.05) is 17.6 Å². The van der Waals surface area contributed by atoms with Crippen LogP contribution in [-0.2, 0) is 6.42 Å². The van der Waals surface area contributed by atoms with Gasteiger partial charge in [0.1, 0.15) is 10.6 Å². The summed E-state index contributed by atoms with van der Waals surface area (Å²) in [5, 5.41) is 4.62. The topological polar surface area (TPSA) is 63.8 Å². The van der Waals surface area contributed by atoms with Crippen molar-refractivity contribution in [1.29, 1.82) is 0 Å². The van der Waals surface area contributed by atoms with Crippen molar-refractivity contribution in [3.8, 4) is 0 Å².